The van der Waals surface area contributed by atoms with Crippen molar-refractivity contribution >= 4 is 12.2 Å². The molecule has 0 atom stereocenters. The van der Waals surface area contributed by atoms with Gasteiger partial charge in [-0.1, -0.05) is 25.3 Å². The van der Waals surface area contributed by atoms with Crippen LogP contribution in [0.5, 0.6) is 0 Å². The zero-order valence-electron chi connectivity index (χ0n) is 19.0. The van der Waals surface area contributed by atoms with Crippen LogP contribution in [0, 0.1) is 27.7 Å². The molecule has 0 N–H and O–H groups in total. The van der Waals surface area contributed by atoms with Crippen molar-refractivity contribution in [3.05, 3.63) is 95.3 Å². The smallest absolute Gasteiger partial charge is 0.0897 e. The van der Waals surface area contributed by atoms with Crippen molar-refractivity contribution in [2.75, 3.05) is 0 Å². The van der Waals surface area contributed by atoms with Crippen molar-refractivity contribution in [3.8, 4) is 34.2 Å². The van der Waals surface area contributed by atoms with E-state index in [-0.39, 0.29) is 0 Å². The van der Waals surface area contributed by atoms with Gasteiger partial charge in [-0.15, -0.1) is 0 Å². The van der Waals surface area contributed by atoms with Gasteiger partial charge in [-0.05, 0) is 98.5 Å². The average Bonchev–Trinajstić information content (AvgIpc) is 2.77. The van der Waals surface area contributed by atoms with Gasteiger partial charge < -0.3 is 0 Å². The van der Waals surface area contributed by atoms with Crippen molar-refractivity contribution in [3.63, 3.8) is 0 Å². The quantitative estimate of drug-likeness (QED) is 0.358. The number of aromatic nitrogens is 4. The normalized spacial score (nSPS) is 10.8. The van der Waals surface area contributed by atoms with Gasteiger partial charge in [-0.25, -0.2) is 9.97 Å². The predicted molar refractivity (Wildman–Crippen MR) is 133 cm³/mol. The molecule has 158 valence electrons. The minimum Gasteiger partial charge on any atom is -0.251 e. The van der Waals surface area contributed by atoms with E-state index in [0.717, 1.165) is 67.8 Å². The van der Waals surface area contributed by atoms with E-state index in [9.17, 15) is 0 Å². The zero-order chi connectivity index (χ0) is 22.8. The van der Waals surface area contributed by atoms with Gasteiger partial charge in [0.2, 0.25) is 0 Å². The molecule has 0 aliphatic rings. The summed E-state index contributed by atoms with van der Waals surface area (Å²) in [6.45, 7) is 15.9. The van der Waals surface area contributed by atoms with Crippen molar-refractivity contribution in [2.24, 2.45) is 0 Å². The molecule has 4 nitrogen and oxygen atoms in total. The molecule has 0 saturated carbocycles. The molecule has 0 aromatic carbocycles. The Labute approximate surface area is 189 Å². The first-order chi connectivity index (χ1) is 15.3. The first kappa shape index (κ1) is 21.3. The van der Waals surface area contributed by atoms with Crippen molar-refractivity contribution in [2.45, 2.75) is 27.7 Å². The number of hydrogen-bond acceptors (Lipinski definition) is 4. The summed E-state index contributed by atoms with van der Waals surface area (Å²) in [6.07, 6.45) is 3.66. The third-order valence-electron chi connectivity index (χ3n) is 5.15. The first-order valence-corrected chi connectivity index (χ1v) is 10.6. The molecule has 0 saturated heterocycles. The van der Waals surface area contributed by atoms with Crippen LogP contribution < -0.4 is 0 Å². The average molecular weight is 419 g/mol. The summed E-state index contributed by atoms with van der Waals surface area (Å²) in [5.74, 6) is 0. The van der Waals surface area contributed by atoms with Crippen LogP contribution in [-0.4, -0.2) is 19.9 Å². The number of hydrogen-bond donors (Lipinski definition) is 0. The van der Waals surface area contributed by atoms with Crippen molar-refractivity contribution in [1.82, 2.24) is 19.9 Å². The van der Waals surface area contributed by atoms with Crippen molar-refractivity contribution in [1.29, 1.82) is 0 Å². The van der Waals surface area contributed by atoms with E-state index in [2.05, 4.69) is 49.1 Å². The maximum atomic E-state index is 4.92. The second-order valence-corrected chi connectivity index (χ2v) is 8.09. The van der Waals surface area contributed by atoms with Crippen LogP contribution in [0.2, 0.25) is 0 Å². The molecular formula is C28H26N4. The molecule has 32 heavy (non-hydrogen) atoms. The fourth-order valence-electron chi connectivity index (χ4n) is 3.75. The highest BCUT2D eigenvalue weighted by atomic mass is 14.8. The lowest BCUT2D eigenvalue weighted by atomic mass is 10.1. The molecule has 4 rings (SSSR count). The summed E-state index contributed by atoms with van der Waals surface area (Å²) in [7, 11) is 0. The Balaban J connectivity index is 1.85. The van der Waals surface area contributed by atoms with Gasteiger partial charge in [0.15, 0.2) is 0 Å². The van der Waals surface area contributed by atoms with E-state index in [1.807, 2.05) is 62.4 Å². The van der Waals surface area contributed by atoms with E-state index in [1.54, 1.807) is 0 Å². The topological polar surface area (TPSA) is 51.6 Å². The van der Waals surface area contributed by atoms with Crippen LogP contribution in [-0.2, 0) is 0 Å². The van der Waals surface area contributed by atoms with E-state index in [1.165, 1.54) is 0 Å². The Bertz CT molecular complexity index is 1250. The molecule has 0 aliphatic heterocycles. The molecule has 0 bridgehead atoms. The number of aryl methyl sites for hydroxylation is 4. The van der Waals surface area contributed by atoms with Gasteiger partial charge in [0.1, 0.15) is 0 Å². The Morgan fingerprint density at radius 3 is 1.09 bits per heavy atom. The fourth-order valence-corrected chi connectivity index (χ4v) is 3.75. The second kappa shape index (κ2) is 8.67. The summed E-state index contributed by atoms with van der Waals surface area (Å²) < 4.78 is 0. The Kier molecular flexibility index (Phi) is 5.78. The molecule has 4 heteroatoms. The highest BCUT2D eigenvalue weighted by Crippen LogP contribution is 2.27. The van der Waals surface area contributed by atoms with Crippen LogP contribution in [0.25, 0.3) is 46.3 Å². The maximum Gasteiger partial charge on any atom is 0.0897 e. The van der Waals surface area contributed by atoms with Crippen LogP contribution >= 0.6 is 0 Å². The number of pyridine rings is 4. The molecule has 0 fully saturated rings. The minimum absolute atomic E-state index is 0.810. The number of nitrogens with zero attached hydrogens (tertiary/aromatic N) is 4. The Morgan fingerprint density at radius 1 is 0.469 bits per heavy atom. The second-order valence-electron chi connectivity index (χ2n) is 8.09. The lowest BCUT2D eigenvalue weighted by molar-refractivity contribution is 1.15. The fraction of sp³-hybridized carbons (Fsp3) is 0.143. The SMILES string of the molecule is C=Cc1cc(C)nc(-c2cc(C)cc(-c3cc(C)cc(-c4cc(C=C)cc(C)n4)n3)n2)c1. The highest BCUT2D eigenvalue weighted by molar-refractivity contribution is 5.69. The first-order valence-electron chi connectivity index (χ1n) is 10.6. The third-order valence-corrected chi connectivity index (χ3v) is 5.15. The van der Waals surface area contributed by atoms with Gasteiger partial charge >= 0.3 is 0 Å². The summed E-state index contributed by atoms with van der Waals surface area (Å²) in [4.78, 5) is 19.2. The molecule has 4 heterocycles. The van der Waals surface area contributed by atoms with Crippen LogP contribution in [0.15, 0.2) is 61.7 Å². The summed E-state index contributed by atoms with van der Waals surface area (Å²) in [5, 5.41) is 0. The number of rotatable bonds is 5. The van der Waals surface area contributed by atoms with Crippen molar-refractivity contribution < 1.29 is 0 Å². The van der Waals surface area contributed by atoms with Crippen LogP contribution in [0.3, 0.4) is 0 Å². The maximum absolute atomic E-state index is 4.92. The van der Waals surface area contributed by atoms with Gasteiger partial charge in [-0.3, -0.25) is 9.97 Å². The summed E-state index contributed by atoms with van der Waals surface area (Å²) in [6, 6.07) is 16.2. The Morgan fingerprint density at radius 2 is 0.781 bits per heavy atom. The molecule has 0 unspecified atom stereocenters. The zero-order valence-corrected chi connectivity index (χ0v) is 19.0. The van der Waals surface area contributed by atoms with E-state index in [0.29, 0.717) is 0 Å². The van der Waals surface area contributed by atoms with E-state index >= 15 is 0 Å². The predicted octanol–water partition coefficient (Wildman–Crippen LogP) is 6.79. The van der Waals surface area contributed by atoms with Gasteiger partial charge in [0, 0.05) is 11.4 Å². The molecule has 0 amide bonds. The van der Waals surface area contributed by atoms with Crippen LogP contribution in [0.1, 0.15) is 33.6 Å². The monoisotopic (exact) mass is 418 g/mol. The summed E-state index contributed by atoms with van der Waals surface area (Å²) >= 11 is 0. The van der Waals surface area contributed by atoms with Gasteiger partial charge in [-0.2, -0.15) is 0 Å². The lowest BCUT2D eigenvalue weighted by Crippen LogP contribution is -1.98. The highest BCUT2D eigenvalue weighted by Gasteiger charge is 2.12. The molecule has 0 spiro atoms. The standard InChI is InChI=1S/C28H26N4/c1-7-21-13-19(5)29-27(15-21)25-11-17(3)9-23(31-25)24-10-18(4)12-26(32-24)28-16-22(8-2)14-20(6)30-28/h7-16H,1-2H2,3-6H3. The van der Waals surface area contributed by atoms with Gasteiger partial charge in [0.05, 0.1) is 34.2 Å². The molecule has 4 aromatic rings. The lowest BCUT2D eigenvalue weighted by Gasteiger charge is -2.11. The van der Waals surface area contributed by atoms with Crippen LogP contribution in [0.4, 0.5) is 0 Å². The Hall–Kier alpha value is -3.92. The molecule has 0 aliphatic carbocycles. The van der Waals surface area contributed by atoms with E-state index < -0.39 is 0 Å². The van der Waals surface area contributed by atoms with E-state index in [4.69, 9.17) is 9.97 Å². The summed E-state index contributed by atoms with van der Waals surface area (Å²) in [5.41, 5.74) is 11.0. The minimum atomic E-state index is 0.810. The molecule has 4 aromatic heterocycles. The van der Waals surface area contributed by atoms with Gasteiger partial charge in [0.25, 0.3) is 0 Å². The molecular weight excluding hydrogens is 392 g/mol. The largest absolute Gasteiger partial charge is 0.251 e. The molecule has 0 radical (unpaired) electrons. The third kappa shape index (κ3) is 4.54.